The van der Waals surface area contributed by atoms with Crippen LogP contribution in [0, 0.1) is 0 Å². The molecule has 4 heterocycles. The number of para-hydroxylation sites is 2. The van der Waals surface area contributed by atoms with E-state index in [9.17, 15) is 9.59 Å². The Hall–Kier alpha value is -4.77. The predicted molar refractivity (Wildman–Crippen MR) is 130 cm³/mol. The molecule has 0 radical (unpaired) electrons. The van der Waals surface area contributed by atoms with E-state index in [4.69, 9.17) is 9.90 Å². The molecular formula is C23H23N7O4. The van der Waals surface area contributed by atoms with Crippen molar-refractivity contribution in [1.82, 2.24) is 29.2 Å². The number of benzene rings is 2. The van der Waals surface area contributed by atoms with E-state index in [2.05, 4.69) is 26.1 Å². The molecule has 0 spiro atoms. The van der Waals surface area contributed by atoms with Gasteiger partial charge in [-0.1, -0.05) is 36.4 Å². The van der Waals surface area contributed by atoms with Crippen LogP contribution in [0.2, 0.25) is 0 Å². The van der Waals surface area contributed by atoms with Crippen LogP contribution in [0.4, 0.5) is 0 Å². The van der Waals surface area contributed by atoms with Crippen LogP contribution >= 0.6 is 0 Å². The van der Waals surface area contributed by atoms with Crippen molar-refractivity contribution in [3.8, 4) is 0 Å². The third kappa shape index (κ3) is 5.00. The highest BCUT2D eigenvalue weighted by Crippen LogP contribution is 2.14. The van der Waals surface area contributed by atoms with Crippen LogP contribution in [0.15, 0.2) is 82.4 Å². The lowest BCUT2D eigenvalue weighted by molar-refractivity contribution is -0.134. The molecule has 0 aliphatic rings. The summed E-state index contributed by atoms with van der Waals surface area (Å²) < 4.78 is 3.13. The van der Waals surface area contributed by atoms with Gasteiger partial charge in [0.15, 0.2) is 11.3 Å². The molecule has 4 aromatic heterocycles. The number of nitrogens with zero attached hydrogens (tertiary/aromatic N) is 4. The van der Waals surface area contributed by atoms with Gasteiger partial charge in [0.2, 0.25) is 0 Å². The number of aromatic amines is 2. The fourth-order valence-electron chi connectivity index (χ4n) is 3.30. The number of carbonyl (C=O) groups is 1. The third-order valence-electron chi connectivity index (χ3n) is 4.58. The molecule has 0 aliphatic carbocycles. The zero-order chi connectivity index (χ0) is 24.7. The normalized spacial score (nSPS) is 10.1. The molecule has 11 nitrogen and oxygen atoms in total. The lowest BCUT2D eigenvalue weighted by Crippen LogP contribution is -2.09. The van der Waals surface area contributed by atoms with Gasteiger partial charge in [-0.3, -0.25) is 4.79 Å². The Morgan fingerprint density at radius 2 is 1.09 bits per heavy atom. The number of hydrogen-bond donors (Lipinski definition) is 4. The summed E-state index contributed by atoms with van der Waals surface area (Å²) in [6.07, 6.45) is 0. The van der Waals surface area contributed by atoms with Crippen molar-refractivity contribution >= 4 is 39.1 Å². The Balaban J connectivity index is 0.000000156. The fourth-order valence-corrected chi connectivity index (χ4v) is 3.30. The second-order valence-electron chi connectivity index (χ2n) is 6.75. The summed E-state index contributed by atoms with van der Waals surface area (Å²) in [5.41, 5.74) is 7.16. The summed E-state index contributed by atoms with van der Waals surface area (Å²) >= 11 is 0. The predicted octanol–water partition coefficient (Wildman–Crippen LogP) is 2.02. The van der Waals surface area contributed by atoms with E-state index < -0.39 is 5.97 Å². The van der Waals surface area contributed by atoms with Crippen LogP contribution in [0.3, 0.4) is 0 Å². The Labute approximate surface area is 192 Å². The van der Waals surface area contributed by atoms with Crippen molar-refractivity contribution in [2.24, 2.45) is 5.73 Å². The summed E-state index contributed by atoms with van der Waals surface area (Å²) in [6, 6.07) is 23.0. The Morgan fingerprint density at radius 3 is 1.47 bits per heavy atom. The van der Waals surface area contributed by atoms with Gasteiger partial charge in [0.25, 0.3) is 5.97 Å². The van der Waals surface area contributed by atoms with Crippen LogP contribution in [0.25, 0.3) is 33.1 Å². The largest absolute Gasteiger partial charge is 0.481 e. The van der Waals surface area contributed by atoms with Crippen LogP contribution in [-0.2, 0) is 4.79 Å². The SMILES string of the molecule is CC(=O)O.CN.O=c1[nH]nc2ccc3ccccc3n12.O=c1[nH]nc2ccc3ccccc3n12. The number of aliphatic carboxylic acids is 1. The van der Waals surface area contributed by atoms with Crippen molar-refractivity contribution in [3.63, 3.8) is 0 Å². The number of pyridine rings is 2. The minimum Gasteiger partial charge on any atom is -0.481 e. The van der Waals surface area contributed by atoms with Crippen molar-refractivity contribution in [2.75, 3.05) is 7.05 Å². The molecule has 2 aromatic carbocycles. The first-order valence-electron chi connectivity index (χ1n) is 10.1. The lowest BCUT2D eigenvalue weighted by atomic mass is 10.2. The summed E-state index contributed by atoms with van der Waals surface area (Å²) in [4.78, 5) is 31.9. The number of H-pyrrole nitrogens is 2. The van der Waals surface area contributed by atoms with Gasteiger partial charge in [-0.2, -0.15) is 10.2 Å². The molecule has 6 rings (SSSR count). The second kappa shape index (κ2) is 10.7. The fraction of sp³-hybridized carbons (Fsp3) is 0.0870. The molecule has 5 N–H and O–H groups in total. The van der Waals surface area contributed by atoms with Gasteiger partial charge < -0.3 is 10.8 Å². The van der Waals surface area contributed by atoms with E-state index >= 15 is 0 Å². The number of nitrogens with two attached hydrogens (primary N) is 1. The first-order valence-corrected chi connectivity index (χ1v) is 10.1. The topological polar surface area (TPSA) is 164 Å². The average Bonchev–Trinajstić information content (AvgIpc) is 3.43. The number of carboxylic acid groups (broad SMARTS) is 1. The number of hydrogen-bond acceptors (Lipinski definition) is 6. The smallest absolute Gasteiger partial charge is 0.348 e. The standard InChI is InChI=1S/2C10H7N3O.C2H4O2.CH5N/c2*14-10-12-11-9-6-5-7-3-1-2-4-8(7)13(9)10;1-2(3)4;1-2/h2*1-6H,(H,12,14);1H3,(H,3,4);2H2,1H3. The highest BCUT2D eigenvalue weighted by atomic mass is 16.4. The average molecular weight is 461 g/mol. The molecule has 0 aliphatic heterocycles. The van der Waals surface area contributed by atoms with E-state index in [1.807, 2.05) is 72.8 Å². The van der Waals surface area contributed by atoms with Crippen LogP contribution < -0.4 is 17.1 Å². The summed E-state index contributed by atoms with van der Waals surface area (Å²) in [7, 11) is 1.50. The second-order valence-corrected chi connectivity index (χ2v) is 6.75. The minimum atomic E-state index is -0.833. The van der Waals surface area contributed by atoms with Crippen molar-refractivity contribution in [2.45, 2.75) is 6.92 Å². The van der Waals surface area contributed by atoms with Gasteiger partial charge in [0.1, 0.15) is 0 Å². The monoisotopic (exact) mass is 461 g/mol. The third-order valence-corrected chi connectivity index (χ3v) is 4.58. The van der Waals surface area contributed by atoms with Gasteiger partial charge in [0, 0.05) is 6.92 Å². The van der Waals surface area contributed by atoms with Crippen molar-refractivity contribution in [3.05, 3.63) is 93.8 Å². The van der Waals surface area contributed by atoms with E-state index in [0.717, 1.165) is 28.7 Å². The van der Waals surface area contributed by atoms with Gasteiger partial charge in [-0.25, -0.2) is 28.6 Å². The molecule has 174 valence electrons. The van der Waals surface area contributed by atoms with Crippen LogP contribution in [0.1, 0.15) is 6.92 Å². The molecule has 0 atom stereocenters. The van der Waals surface area contributed by atoms with E-state index in [-0.39, 0.29) is 11.4 Å². The first kappa shape index (κ1) is 23.9. The molecule has 0 saturated carbocycles. The zero-order valence-corrected chi connectivity index (χ0v) is 18.5. The lowest BCUT2D eigenvalue weighted by Gasteiger charge is -1.98. The van der Waals surface area contributed by atoms with E-state index in [1.54, 1.807) is 8.80 Å². The maximum atomic E-state index is 11.4. The van der Waals surface area contributed by atoms with Crippen molar-refractivity contribution in [1.29, 1.82) is 0 Å². The molecule has 0 bridgehead atoms. The van der Waals surface area contributed by atoms with E-state index in [1.165, 1.54) is 7.05 Å². The van der Waals surface area contributed by atoms with Crippen LogP contribution in [0.5, 0.6) is 0 Å². The number of nitrogens with one attached hydrogen (secondary N) is 2. The summed E-state index contributed by atoms with van der Waals surface area (Å²) in [6.45, 7) is 1.08. The summed E-state index contributed by atoms with van der Waals surface area (Å²) in [5.74, 6) is -0.833. The highest BCUT2D eigenvalue weighted by molar-refractivity contribution is 5.82. The molecule has 0 unspecified atom stereocenters. The van der Waals surface area contributed by atoms with Crippen molar-refractivity contribution < 1.29 is 9.90 Å². The zero-order valence-electron chi connectivity index (χ0n) is 18.5. The Kier molecular flexibility index (Phi) is 7.52. The summed E-state index contributed by atoms with van der Waals surface area (Å²) in [5, 5.41) is 22.1. The number of carboxylic acids is 1. The molecular weight excluding hydrogens is 438 g/mol. The number of fused-ring (bicyclic) bond motifs is 6. The molecule has 6 aromatic rings. The quantitative estimate of drug-likeness (QED) is 0.269. The van der Waals surface area contributed by atoms with Gasteiger partial charge in [-0.15, -0.1) is 0 Å². The molecule has 11 heteroatoms. The molecule has 0 amide bonds. The Bertz CT molecular complexity index is 1550. The van der Waals surface area contributed by atoms with Gasteiger partial charge >= 0.3 is 11.4 Å². The first-order chi connectivity index (χ1) is 16.5. The minimum absolute atomic E-state index is 0.197. The van der Waals surface area contributed by atoms with Crippen LogP contribution in [-0.4, -0.2) is 47.3 Å². The molecule has 0 fully saturated rings. The van der Waals surface area contributed by atoms with E-state index in [0.29, 0.717) is 11.3 Å². The maximum Gasteiger partial charge on any atom is 0.348 e. The highest BCUT2D eigenvalue weighted by Gasteiger charge is 2.03. The Morgan fingerprint density at radius 1 is 0.735 bits per heavy atom. The number of aromatic nitrogens is 6. The maximum absolute atomic E-state index is 11.4. The van der Waals surface area contributed by atoms with Gasteiger partial charge in [-0.05, 0) is 54.2 Å². The number of rotatable bonds is 0. The molecule has 0 saturated heterocycles. The molecule has 34 heavy (non-hydrogen) atoms. The van der Waals surface area contributed by atoms with Gasteiger partial charge in [0.05, 0.1) is 11.0 Å².